The number of hydrogen-bond donors (Lipinski definition) is 2. The Labute approximate surface area is 145 Å². The van der Waals surface area contributed by atoms with Gasteiger partial charge in [-0.25, -0.2) is 0 Å². The van der Waals surface area contributed by atoms with Crippen molar-refractivity contribution in [1.82, 2.24) is 5.32 Å². The van der Waals surface area contributed by atoms with Crippen molar-refractivity contribution in [2.24, 2.45) is 5.41 Å². The first-order valence-corrected chi connectivity index (χ1v) is 9.18. The van der Waals surface area contributed by atoms with Crippen LogP contribution in [0.1, 0.15) is 56.9 Å². The van der Waals surface area contributed by atoms with Gasteiger partial charge in [-0.3, -0.25) is 4.79 Å². The third-order valence-electron chi connectivity index (χ3n) is 5.19. The number of methoxy groups -OCH3 is 1. The molecular formula is C20H31NO3. The molecule has 1 saturated carbocycles. The van der Waals surface area contributed by atoms with Gasteiger partial charge in [0.15, 0.2) is 0 Å². The number of unbranched alkanes of at least 4 members (excludes halogenated alkanes) is 1. The molecule has 1 aromatic rings. The summed E-state index contributed by atoms with van der Waals surface area (Å²) < 4.78 is 5.15. The summed E-state index contributed by atoms with van der Waals surface area (Å²) in [5, 5.41) is 12.7. The predicted octanol–water partition coefficient (Wildman–Crippen LogP) is 3.47. The summed E-state index contributed by atoms with van der Waals surface area (Å²) >= 11 is 0. The minimum absolute atomic E-state index is 0.0724. The van der Waals surface area contributed by atoms with Crippen molar-refractivity contribution < 1.29 is 14.6 Å². The van der Waals surface area contributed by atoms with E-state index in [1.54, 1.807) is 7.11 Å². The van der Waals surface area contributed by atoms with Crippen molar-refractivity contribution in [2.75, 3.05) is 20.3 Å². The molecular weight excluding hydrogens is 302 g/mol. The third-order valence-corrected chi connectivity index (χ3v) is 5.19. The van der Waals surface area contributed by atoms with E-state index >= 15 is 0 Å². The zero-order valence-corrected chi connectivity index (χ0v) is 14.9. The molecule has 2 rings (SSSR count). The fourth-order valence-corrected chi connectivity index (χ4v) is 3.47. The number of carbonyl (C=O) groups excluding carboxylic acids is 1. The number of benzene rings is 1. The molecule has 134 valence electrons. The molecule has 4 heteroatoms. The summed E-state index contributed by atoms with van der Waals surface area (Å²) in [6, 6.07) is 8.10. The van der Waals surface area contributed by atoms with Gasteiger partial charge in [0.1, 0.15) is 5.75 Å². The van der Waals surface area contributed by atoms with E-state index in [4.69, 9.17) is 4.74 Å². The van der Waals surface area contributed by atoms with Crippen LogP contribution in [0.2, 0.25) is 0 Å². The van der Waals surface area contributed by atoms with E-state index in [2.05, 4.69) is 17.4 Å². The molecule has 0 aliphatic heterocycles. The second-order valence-corrected chi connectivity index (χ2v) is 7.05. The van der Waals surface area contributed by atoms with Crippen LogP contribution in [0.15, 0.2) is 24.3 Å². The summed E-state index contributed by atoms with van der Waals surface area (Å²) in [5.74, 6) is 0.988. The van der Waals surface area contributed by atoms with Crippen LogP contribution in [0.3, 0.4) is 0 Å². The van der Waals surface area contributed by atoms with Crippen LogP contribution >= 0.6 is 0 Å². The Morgan fingerprint density at radius 1 is 1.17 bits per heavy atom. The average Bonchev–Trinajstić information content (AvgIpc) is 2.65. The average molecular weight is 333 g/mol. The third kappa shape index (κ3) is 5.82. The molecule has 1 aromatic carbocycles. The van der Waals surface area contributed by atoms with Crippen molar-refractivity contribution in [3.05, 3.63) is 29.8 Å². The lowest BCUT2D eigenvalue weighted by molar-refractivity contribution is -0.122. The second kappa shape index (κ2) is 9.67. The number of aryl methyl sites for hydroxylation is 1. The first kappa shape index (κ1) is 18.8. The summed E-state index contributed by atoms with van der Waals surface area (Å²) in [6.07, 6.45) is 9.09. The zero-order valence-electron chi connectivity index (χ0n) is 14.9. The highest BCUT2D eigenvalue weighted by molar-refractivity contribution is 5.75. The normalized spacial score (nSPS) is 16.6. The number of aliphatic hydroxyl groups is 1. The Bertz CT molecular complexity index is 492. The van der Waals surface area contributed by atoms with Crippen molar-refractivity contribution in [3.63, 3.8) is 0 Å². The molecule has 0 atom stereocenters. The highest BCUT2D eigenvalue weighted by Gasteiger charge is 2.31. The fourth-order valence-electron chi connectivity index (χ4n) is 3.47. The molecule has 0 radical (unpaired) electrons. The van der Waals surface area contributed by atoms with Crippen LogP contribution in [-0.4, -0.2) is 31.3 Å². The molecule has 1 fully saturated rings. The molecule has 1 amide bonds. The number of ether oxygens (including phenoxy) is 1. The summed E-state index contributed by atoms with van der Waals surface area (Å²) in [5.41, 5.74) is 1.20. The van der Waals surface area contributed by atoms with Gasteiger partial charge in [-0.15, -0.1) is 0 Å². The highest BCUT2D eigenvalue weighted by Crippen LogP contribution is 2.35. The topological polar surface area (TPSA) is 58.6 Å². The van der Waals surface area contributed by atoms with Crippen LogP contribution in [-0.2, 0) is 11.2 Å². The molecule has 2 N–H and O–H groups in total. The Morgan fingerprint density at radius 2 is 1.88 bits per heavy atom. The molecule has 24 heavy (non-hydrogen) atoms. The molecule has 0 unspecified atom stereocenters. The largest absolute Gasteiger partial charge is 0.497 e. The first-order chi connectivity index (χ1) is 11.7. The number of amides is 1. The van der Waals surface area contributed by atoms with Crippen molar-refractivity contribution in [3.8, 4) is 5.75 Å². The maximum absolute atomic E-state index is 12.0. The standard InChI is InChI=1S/C20H31NO3/c1-24-18-11-9-17(10-12-18)7-3-4-8-19(23)21-15-20(16-22)13-5-2-6-14-20/h9-12,22H,2-8,13-16H2,1H3,(H,21,23). The number of aliphatic hydroxyl groups excluding tert-OH is 1. The lowest BCUT2D eigenvalue weighted by atomic mass is 9.74. The lowest BCUT2D eigenvalue weighted by Gasteiger charge is -2.35. The number of nitrogens with one attached hydrogen (secondary N) is 1. The second-order valence-electron chi connectivity index (χ2n) is 7.05. The molecule has 0 bridgehead atoms. The van der Waals surface area contributed by atoms with Gasteiger partial charge in [0.2, 0.25) is 5.91 Å². The monoisotopic (exact) mass is 333 g/mol. The van der Waals surface area contributed by atoms with Gasteiger partial charge in [0.05, 0.1) is 13.7 Å². The summed E-state index contributed by atoms with van der Waals surface area (Å²) in [7, 11) is 1.67. The van der Waals surface area contributed by atoms with Crippen molar-refractivity contribution in [1.29, 1.82) is 0 Å². The molecule has 0 heterocycles. The smallest absolute Gasteiger partial charge is 0.220 e. The Balaban J connectivity index is 1.62. The minimum Gasteiger partial charge on any atom is -0.497 e. The Hall–Kier alpha value is -1.55. The van der Waals surface area contributed by atoms with Crippen LogP contribution in [0.4, 0.5) is 0 Å². The number of rotatable bonds is 9. The van der Waals surface area contributed by atoms with Crippen LogP contribution in [0.5, 0.6) is 5.75 Å². The van der Waals surface area contributed by atoms with Gasteiger partial charge < -0.3 is 15.2 Å². The maximum Gasteiger partial charge on any atom is 0.220 e. The van der Waals surface area contributed by atoms with Gasteiger partial charge >= 0.3 is 0 Å². The Kier molecular flexibility index (Phi) is 7.57. The van der Waals surface area contributed by atoms with Gasteiger partial charge in [-0.2, -0.15) is 0 Å². The first-order valence-electron chi connectivity index (χ1n) is 9.18. The number of carbonyl (C=O) groups is 1. The Morgan fingerprint density at radius 3 is 2.50 bits per heavy atom. The van der Waals surface area contributed by atoms with E-state index in [0.29, 0.717) is 13.0 Å². The lowest BCUT2D eigenvalue weighted by Crippen LogP contribution is -2.41. The van der Waals surface area contributed by atoms with Gasteiger partial charge in [0, 0.05) is 18.4 Å². The summed E-state index contributed by atoms with van der Waals surface area (Å²) in [4.78, 5) is 12.0. The fraction of sp³-hybridized carbons (Fsp3) is 0.650. The summed E-state index contributed by atoms with van der Waals surface area (Å²) in [6.45, 7) is 0.811. The predicted molar refractivity (Wildman–Crippen MR) is 96.2 cm³/mol. The van der Waals surface area contributed by atoms with Crippen molar-refractivity contribution >= 4 is 5.91 Å². The molecule has 1 aliphatic rings. The van der Waals surface area contributed by atoms with Gasteiger partial charge in [0.25, 0.3) is 0 Å². The van der Waals surface area contributed by atoms with E-state index in [1.165, 1.54) is 12.0 Å². The molecule has 0 aromatic heterocycles. The van der Waals surface area contributed by atoms with Crippen LogP contribution in [0, 0.1) is 5.41 Å². The molecule has 0 spiro atoms. The molecule has 1 aliphatic carbocycles. The van der Waals surface area contributed by atoms with Crippen molar-refractivity contribution in [2.45, 2.75) is 57.8 Å². The van der Waals surface area contributed by atoms with E-state index in [-0.39, 0.29) is 17.9 Å². The van der Waals surface area contributed by atoms with Crippen LogP contribution < -0.4 is 10.1 Å². The van der Waals surface area contributed by atoms with Crippen LogP contribution in [0.25, 0.3) is 0 Å². The van der Waals surface area contributed by atoms with E-state index < -0.39 is 0 Å². The van der Waals surface area contributed by atoms with E-state index in [9.17, 15) is 9.90 Å². The zero-order chi connectivity index (χ0) is 17.3. The quantitative estimate of drug-likeness (QED) is 0.680. The van der Waals surface area contributed by atoms with Gasteiger partial charge in [-0.05, 0) is 49.8 Å². The van der Waals surface area contributed by atoms with E-state index in [1.807, 2.05) is 12.1 Å². The SMILES string of the molecule is COc1ccc(CCCCC(=O)NCC2(CO)CCCCC2)cc1. The highest BCUT2D eigenvalue weighted by atomic mass is 16.5. The maximum atomic E-state index is 12.0. The molecule has 0 saturated heterocycles. The van der Waals surface area contributed by atoms with Gasteiger partial charge in [-0.1, -0.05) is 31.4 Å². The number of hydrogen-bond acceptors (Lipinski definition) is 3. The minimum atomic E-state index is -0.0724. The van der Waals surface area contributed by atoms with E-state index in [0.717, 1.165) is 50.7 Å². The molecule has 4 nitrogen and oxygen atoms in total.